The van der Waals surface area contributed by atoms with Gasteiger partial charge in [0.15, 0.2) is 0 Å². The van der Waals surface area contributed by atoms with Crippen molar-refractivity contribution in [2.75, 3.05) is 4.90 Å². The summed E-state index contributed by atoms with van der Waals surface area (Å²) in [7, 11) is 0. The molecule has 0 aliphatic heterocycles. The molecule has 4 fully saturated rings. The van der Waals surface area contributed by atoms with E-state index in [1.165, 1.54) is 122 Å². The van der Waals surface area contributed by atoms with E-state index in [1.54, 1.807) is 5.56 Å². The molecule has 0 N–H and O–H groups in total. The zero-order chi connectivity index (χ0) is 38.3. The van der Waals surface area contributed by atoms with Gasteiger partial charge in [-0.1, -0.05) is 137 Å². The molecule has 0 heterocycles. The lowest BCUT2D eigenvalue weighted by Crippen LogP contribution is -2.48. The van der Waals surface area contributed by atoms with Crippen LogP contribution in [-0.2, 0) is 16.2 Å². The highest BCUT2D eigenvalue weighted by Crippen LogP contribution is 2.62. The van der Waals surface area contributed by atoms with Gasteiger partial charge in [-0.2, -0.15) is 0 Å². The Morgan fingerprint density at radius 1 is 0.386 bits per heavy atom. The Hall–Kier alpha value is -5.40. The van der Waals surface area contributed by atoms with Gasteiger partial charge in [-0.25, -0.2) is 0 Å². The second-order valence-electron chi connectivity index (χ2n) is 19.6. The molecule has 0 aromatic heterocycles. The predicted molar refractivity (Wildman–Crippen MR) is 239 cm³/mol. The molecule has 0 atom stereocenters. The molecule has 6 aliphatic carbocycles. The molecule has 1 heteroatoms. The van der Waals surface area contributed by atoms with Crippen molar-refractivity contribution in [3.8, 4) is 33.4 Å². The summed E-state index contributed by atoms with van der Waals surface area (Å²) in [6.07, 6.45) is 8.62. The van der Waals surface area contributed by atoms with E-state index in [9.17, 15) is 0 Å². The van der Waals surface area contributed by atoms with E-state index in [1.807, 2.05) is 0 Å². The summed E-state index contributed by atoms with van der Waals surface area (Å²) < 4.78 is 0. The van der Waals surface area contributed by atoms with Crippen LogP contribution in [-0.4, -0.2) is 0 Å². The Labute approximate surface area is 338 Å². The van der Waals surface area contributed by atoms with Crippen molar-refractivity contribution in [2.24, 2.45) is 17.8 Å². The average Bonchev–Trinajstić information content (AvgIpc) is 3.59. The maximum atomic E-state index is 2.54. The maximum Gasteiger partial charge on any atom is 0.0465 e. The number of rotatable bonds is 5. The highest BCUT2D eigenvalue weighted by molar-refractivity contribution is 5.99. The van der Waals surface area contributed by atoms with E-state index in [0.29, 0.717) is 5.41 Å². The van der Waals surface area contributed by atoms with Crippen molar-refractivity contribution in [1.82, 2.24) is 0 Å². The van der Waals surface area contributed by atoms with Gasteiger partial charge in [0.1, 0.15) is 0 Å². The molecule has 0 spiro atoms. The number of anilines is 3. The first kappa shape index (κ1) is 33.7. The molecule has 0 radical (unpaired) electrons. The van der Waals surface area contributed by atoms with Crippen molar-refractivity contribution in [3.63, 3.8) is 0 Å². The lowest BCUT2D eigenvalue weighted by atomic mass is 9.47. The van der Waals surface area contributed by atoms with Crippen LogP contribution in [0.25, 0.3) is 44.2 Å². The van der Waals surface area contributed by atoms with Crippen LogP contribution in [0.3, 0.4) is 0 Å². The summed E-state index contributed by atoms with van der Waals surface area (Å²) in [5.74, 6) is 2.80. The van der Waals surface area contributed by atoms with Crippen molar-refractivity contribution in [1.29, 1.82) is 0 Å². The van der Waals surface area contributed by atoms with Crippen LogP contribution < -0.4 is 4.90 Å². The van der Waals surface area contributed by atoms with Gasteiger partial charge < -0.3 is 4.90 Å². The number of benzene rings is 7. The van der Waals surface area contributed by atoms with Crippen LogP contribution in [0.5, 0.6) is 0 Å². The maximum absolute atomic E-state index is 2.54. The Morgan fingerprint density at radius 2 is 0.825 bits per heavy atom. The monoisotopic (exact) mass is 737 g/mol. The van der Waals surface area contributed by atoms with Gasteiger partial charge in [0.2, 0.25) is 0 Å². The second-order valence-corrected chi connectivity index (χ2v) is 19.6. The first-order chi connectivity index (χ1) is 27.7. The van der Waals surface area contributed by atoms with Gasteiger partial charge in [-0.15, -0.1) is 0 Å². The summed E-state index contributed by atoms with van der Waals surface area (Å²) >= 11 is 0. The van der Waals surface area contributed by atoms with Gasteiger partial charge in [-0.05, 0) is 170 Å². The molecule has 7 aromatic carbocycles. The van der Waals surface area contributed by atoms with E-state index in [4.69, 9.17) is 0 Å². The normalized spacial score (nSPS) is 23.9. The first-order valence-corrected chi connectivity index (χ1v) is 21.6. The zero-order valence-electron chi connectivity index (χ0n) is 33.8. The molecule has 4 bridgehead atoms. The fourth-order valence-electron chi connectivity index (χ4n) is 13.4. The predicted octanol–water partition coefficient (Wildman–Crippen LogP) is 15.1. The largest absolute Gasteiger partial charge is 0.310 e. The van der Waals surface area contributed by atoms with Crippen LogP contribution in [0, 0.1) is 17.8 Å². The second kappa shape index (κ2) is 11.8. The Kier molecular flexibility index (Phi) is 6.99. The fourth-order valence-corrected chi connectivity index (χ4v) is 13.4. The van der Waals surface area contributed by atoms with Gasteiger partial charge in [0.25, 0.3) is 0 Å². The van der Waals surface area contributed by atoms with Crippen molar-refractivity contribution >= 4 is 27.8 Å². The molecule has 0 unspecified atom stereocenters. The molecule has 4 saturated carbocycles. The summed E-state index contributed by atoms with van der Waals surface area (Å²) in [6.45, 7) is 9.53. The van der Waals surface area contributed by atoms with Crippen molar-refractivity contribution < 1.29 is 0 Å². The average molecular weight is 738 g/mol. The third-order valence-corrected chi connectivity index (χ3v) is 15.6. The highest BCUT2D eigenvalue weighted by atomic mass is 15.1. The Bertz CT molecular complexity index is 2640. The van der Waals surface area contributed by atoms with Crippen LogP contribution in [0.1, 0.15) is 94.0 Å². The molecule has 1 nitrogen and oxygen atoms in total. The molecular weight excluding hydrogens is 687 g/mol. The van der Waals surface area contributed by atoms with Crippen LogP contribution in [0.15, 0.2) is 146 Å². The van der Waals surface area contributed by atoms with Crippen LogP contribution >= 0.6 is 0 Å². The molecular formula is C56H51N. The minimum Gasteiger partial charge on any atom is -0.310 e. The number of hydrogen-bond acceptors (Lipinski definition) is 1. The molecule has 280 valence electrons. The Morgan fingerprint density at radius 3 is 1.37 bits per heavy atom. The summed E-state index contributed by atoms with van der Waals surface area (Å²) in [6, 6.07) is 56.0. The standard InChI is InChI=1S/C56H51N/c1-54(2)49-15-9-7-13-45(49)47-23-21-40(30-52(47)54)57(41-22-24-48-46-14-8-10-16-50(46)55(3,4)53(48)31-41)39-19-17-38(18-20-39)42-25-26-51(44-12-6-5-11-43(42)44)56-32-35-27-36(33-56)29-37(28-35)34-56/h5-26,30-31,35-37H,27-29,32-34H2,1-4H3. The minimum absolute atomic E-state index is 0.0809. The van der Waals surface area contributed by atoms with E-state index in [2.05, 4.69) is 178 Å². The van der Waals surface area contributed by atoms with Crippen LogP contribution in [0.4, 0.5) is 17.1 Å². The van der Waals surface area contributed by atoms with E-state index < -0.39 is 0 Å². The van der Waals surface area contributed by atoms with Gasteiger partial charge in [0.05, 0.1) is 0 Å². The smallest absolute Gasteiger partial charge is 0.0465 e. The zero-order valence-corrected chi connectivity index (χ0v) is 33.8. The molecule has 0 saturated heterocycles. The minimum atomic E-state index is -0.0809. The third-order valence-electron chi connectivity index (χ3n) is 15.6. The summed E-state index contributed by atoms with van der Waals surface area (Å²) in [5.41, 5.74) is 19.0. The SMILES string of the molecule is CC1(C)c2ccccc2-c2ccc(N(c3ccc(-c4ccc(C56CC7CC(CC(C7)C5)C6)c5ccccc45)cc3)c3ccc4c(c3)C(C)(C)c3ccccc3-4)cc21. The first-order valence-electron chi connectivity index (χ1n) is 21.6. The van der Waals surface area contributed by atoms with Gasteiger partial charge >= 0.3 is 0 Å². The van der Waals surface area contributed by atoms with E-state index in [-0.39, 0.29) is 10.8 Å². The number of nitrogens with zero attached hydrogens (tertiary/aromatic N) is 1. The van der Waals surface area contributed by atoms with Crippen LogP contribution in [0.2, 0.25) is 0 Å². The lowest BCUT2D eigenvalue weighted by molar-refractivity contribution is -0.00449. The van der Waals surface area contributed by atoms with E-state index >= 15 is 0 Å². The summed E-state index contributed by atoms with van der Waals surface area (Å²) in [5, 5.41) is 2.88. The molecule has 0 amide bonds. The molecule has 57 heavy (non-hydrogen) atoms. The summed E-state index contributed by atoms with van der Waals surface area (Å²) in [4.78, 5) is 2.50. The number of fused-ring (bicyclic) bond motifs is 7. The van der Waals surface area contributed by atoms with Crippen molar-refractivity contribution in [2.45, 2.75) is 82.5 Å². The topological polar surface area (TPSA) is 3.24 Å². The molecule has 13 rings (SSSR count). The fraction of sp³-hybridized carbons (Fsp3) is 0.286. The lowest BCUT2D eigenvalue weighted by Gasteiger charge is -2.57. The quantitative estimate of drug-likeness (QED) is 0.170. The highest BCUT2D eigenvalue weighted by Gasteiger charge is 2.52. The Balaban J connectivity index is 0.977. The molecule has 6 aliphatic rings. The molecule has 7 aromatic rings. The van der Waals surface area contributed by atoms with Crippen molar-refractivity contribution in [3.05, 3.63) is 173 Å². The third kappa shape index (κ3) is 4.81. The number of hydrogen-bond donors (Lipinski definition) is 0. The van der Waals surface area contributed by atoms with E-state index in [0.717, 1.165) is 17.8 Å². The van der Waals surface area contributed by atoms with Gasteiger partial charge in [-0.3, -0.25) is 0 Å². The van der Waals surface area contributed by atoms with Gasteiger partial charge in [0, 0.05) is 27.9 Å².